The quantitative estimate of drug-likeness (QED) is 0.826. The number of Topliss-reactive ketones (excluding diaryl/α,β-unsaturated/α-hetero) is 1. The van der Waals surface area contributed by atoms with Gasteiger partial charge in [0.25, 0.3) is 0 Å². The first-order chi connectivity index (χ1) is 11.5. The lowest BCUT2D eigenvalue weighted by atomic mass is 10.0. The molecule has 2 aromatic carbocycles. The van der Waals surface area contributed by atoms with Crippen LogP contribution >= 0.6 is 0 Å². The van der Waals surface area contributed by atoms with Gasteiger partial charge in [-0.15, -0.1) is 0 Å². The Morgan fingerprint density at radius 3 is 2.67 bits per heavy atom. The molecule has 1 aliphatic rings. The molecule has 0 spiro atoms. The number of ketones is 1. The number of carboxylic acid groups (broad SMARTS) is 1. The molecule has 0 fully saturated rings. The van der Waals surface area contributed by atoms with Crippen LogP contribution in [0, 0.1) is 5.82 Å². The fraction of sp³-hybridized carbons (Fsp3) is 0.263. The smallest absolute Gasteiger partial charge is 0.303 e. The number of carboxylic acids is 1. The number of carbonyl (C=O) groups is 2. The molecule has 0 amide bonds. The van der Waals surface area contributed by atoms with Gasteiger partial charge in [0.2, 0.25) is 0 Å². The van der Waals surface area contributed by atoms with Gasteiger partial charge in [-0.05, 0) is 36.2 Å². The van der Waals surface area contributed by atoms with E-state index in [1.807, 2.05) is 18.2 Å². The average molecular weight is 327 g/mol. The summed E-state index contributed by atoms with van der Waals surface area (Å²) in [7, 11) is 0. The molecule has 0 atom stereocenters. The molecule has 124 valence electrons. The van der Waals surface area contributed by atoms with Gasteiger partial charge in [-0.3, -0.25) is 9.59 Å². The van der Waals surface area contributed by atoms with E-state index in [1.54, 1.807) is 18.2 Å². The molecule has 2 aromatic rings. The predicted octanol–water partition coefficient (Wildman–Crippen LogP) is 3.44. The second-order valence-corrected chi connectivity index (χ2v) is 5.92. The minimum Gasteiger partial charge on any atom is -0.481 e. The molecule has 5 heteroatoms. The minimum atomic E-state index is -0.972. The van der Waals surface area contributed by atoms with E-state index in [-0.39, 0.29) is 24.4 Å². The van der Waals surface area contributed by atoms with E-state index >= 15 is 0 Å². The number of carbonyl (C=O) groups excluding carboxylic acids is 1. The van der Waals surface area contributed by atoms with Crippen LogP contribution in [0.15, 0.2) is 42.5 Å². The maximum Gasteiger partial charge on any atom is 0.303 e. The minimum absolute atomic E-state index is 0.00700. The van der Waals surface area contributed by atoms with Crippen LogP contribution in [0.3, 0.4) is 0 Å². The summed E-state index contributed by atoms with van der Waals surface area (Å²) in [5.41, 5.74) is 3.25. The number of nitrogens with zero attached hydrogens (tertiary/aromatic N) is 1. The van der Waals surface area contributed by atoms with Crippen molar-refractivity contribution in [3.8, 4) is 0 Å². The van der Waals surface area contributed by atoms with Crippen molar-refractivity contribution < 1.29 is 19.1 Å². The SMILES string of the molecule is O=C(O)CCC(=O)c1ccc2c(c1)CCN2Cc1ccccc1F. The van der Waals surface area contributed by atoms with Crippen molar-refractivity contribution in [1.29, 1.82) is 0 Å². The summed E-state index contributed by atoms with van der Waals surface area (Å²) < 4.78 is 13.8. The van der Waals surface area contributed by atoms with E-state index in [2.05, 4.69) is 4.90 Å². The van der Waals surface area contributed by atoms with Crippen molar-refractivity contribution in [2.75, 3.05) is 11.4 Å². The Morgan fingerprint density at radius 1 is 1.12 bits per heavy atom. The second-order valence-electron chi connectivity index (χ2n) is 5.92. The summed E-state index contributed by atoms with van der Waals surface area (Å²) >= 11 is 0. The van der Waals surface area contributed by atoms with Crippen LogP contribution in [0.5, 0.6) is 0 Å². The van der Waals surface area contributed by atoms with Gasteiger partial charge < -0.3 is 10.0 Å². The van der Waals surface area contributed by atoms with Crippen LogP contribution in [0.2, 0.25) is 0 Å². The standard InChI is InChI=1S/C19H18FNO3/c20-16-4-2-1-3-15(16)12-21-10-9-13-11-14(5-6-17(13)21)18(22)7-8-19(23)24/h1-6,11H,7-10,12H2,(H,23,24). The van der Waals surface area contributed by atoms with Crippen LogP contribution in [0.25, 0.3) is 0 Å². The second kappa shape index (κ2) is 6.83. The fourth-order valence-corrected chi connectivity index (χ4v) is 3.00. The Balaban J connectivity index is 1.74. The van der Waals surface area contributed by atoms with Crippen LogP contribution in [-0.4, -0.2) is 23.4 Å². The summed E-state index contributed by atoms with van der Waals surface area (Å²) in [4.78, 5) is 24.7. The number of hydrogen-bond donors (Lipinski definition) is 1. The van der Waals surface area contributed by atoms with E-state index in [4.69, 9.17) is 5.11 Å². The largest absolute Gasteiger partial charge is 0.481 e. The van der Waals surface area contributed by atoms with Gasteiger partial charge in [-0.25, -0.2) is 4.39 Å². The monoisotopic (exact) mass is 327 g/mol. The van der Waals surface area contributed by atoms with E-state index in [0.717, 1.165) is 24.2 Å². The lowest BCUT2D eigenvalue weighted by Crippen LogP contribution is -2.20. The van der Waals surface area contributed by atoms with E-state index in [1.165, 1.54) is 6.07 Å². The zero-order valence-corrected chi connectivity index (χ0v) is 13.2. The van der Waals surface area contributed by atoms with Crippen LogP contribution < -0.4 is 4.90 Å². The molecule has 4 nitrogen and oxygen atoms in total. The maximum absolute atomic E-state index is 13.8. The highest BCUT2D eigenvalue weighted by Crippen LogP contribution is 2.31. The highest BCUT2D eigenvalue weighted by atomic mass is 19.1. The Bertz CT molecular complexity index is 788. The molecule has 0 bridgehead atoms. The third-order valence-corrected chi connectivity index (χ3v) is 4.28. The molecular formula is C19H18FNO3. The molecule has 0 aliphatic carbocycles. The first-order valence-corrected chi connectivity index (χ1v) is 7.91. The molecule has 3 rings (SSSR count). The van der Waals surface area contributed by atoms with Gasteiger partial charge in [0, 0.05) is 36.3 Å². The molecule has 1 heterocycles. The highest BCUT2D eigenvalue weighted by Gasteiger charge is 2.21. The van der Waals surface area contributed by atoms with Gasteiger partial charge in [0.15, 0.2) is 5.78 Å². The Hall–Kier alpha value is -2.69. The van der Waals surface area contributed by atoms with Crippen molar-refractivity contribution in [3.63, 3.8) is 0 Å². The molecular weight excluding hydrogens is 309 g/mol. The van der Waals surface area contributed by atoms with Crippen molar-refractivity contribution in [1.82, 2.24) is 0 Å². The average Bonchev–Trinajstić information content (AvgIpc) is 2.97. The van der Waals surface area contributed by atoms with Gasteiger partial charge in [0.1, 0.15) is 5.82 Å². The summed E-state index contributed by atoms with van der Waals surface area (Å²) in [6, 6.07) is 12.2. The van der Waals surface area contributed by atoms with E-state index in [0.29, 0.717) is 17.7 Å². The molecule has 0 aromatic heterocycles. The normalized spacial score (nSPS) is 13.0. The van der Waals surface area contributed by atoms with E-state index in [9.17, 15) is 14.0 Å². The number of hydrogen-bond acceptors (Lipinski definition) is 3. The molecule has 0 saturated carbocycles. The summed E-state index contributed by atoms with van der Waals surface area (Å²) in [6.07, 6.45) is 0.645. The van der Waals surface area contributed by atoms with Gasteiger partial charge in [-0.2, -0.15) is 0 Å². The maximum atomic E-state index is 13.8. The Labute approximate surface area is 139 Å². The molecule has 24 heavy (non-hydrogen) atoms. The van der Waals surface area contributed by atoms with Crippen LogP contribution in [0.4, 0.5) is 10.1 Å². The summed E-state index contributed by atoms with van der Waals surface area (Å²) in [5.74, 6) is -1.35. The lowest BCUT2D eigenvalue weighted by molar-refractivity contribution is -0.136. The number of halogens is 1. The van der Waals surface area contributed by atoms with Gasteiger partial charge in [0.05, 0.1) is 6.42 Å². The number of anilines is 1. The third kappa shape index (κ3) is 3.45. The Morgan fingerprint density at radius 2 is 1.92 bits per heavy atom. The molecule has 0 saturated heterocycles. The van der Waals surface area contributed by atoms with Crippen LogP contribution in [0.1, 0.15) is 34.3 Å². The van der Waals surface area contributed by atoms with Crippen molar-refractivity contribution in [2.45, 2.75) is 25.8 Å². The van der Waals surface area contributed by atoms with Gasteiger partial charge in [-0.1, -0.05) is 18.2 Å². The Kier molecular flexibility index (Phi) is 4.60. The summed E-state index contributed by atoms with van der Waals surface area (Å²) in [6.45, 7) is 1.27. The number of rotatable bonds is 6. The van der Waals surface area contributed by atoms with Crippen LogP contribution in [-0.2, 0) is 17.8 Å². The zero-order chi connectivity index (χ0) is 17.1. The molecule has 1 N–H and O–H groups in total. The van der Waals surface area contributed by atoms with Gasteiger partial charge >= 0.3 is 5.97 Å². The molecule has 1 aliphatic heterocycles. The fourth-order valence-electron chi connectivity index (χ4n) is 3.00. The first-order valence-electron chi connectivity index (χ1n) is 7.91. The number of fused-ring (bicyclic) bond motifs is 1. The van der Waals surface area contributed by atoms with Crippen molar-refractivity contribution in [2.24, 2.45) is 0 Å². The van der Waals surface area contributed by atoms with Crippen molar-refractivity contribution >= 4 is 17.4 Å². The number of benzene rings is 2. The number of aliphatic carboxylic acids is 1. The predicted molar refractivity (Wildman–Crippen MR) is 88.8 cm³/mol. The molecule has 0 radical (unpaired) electrons. The van der Waals surface area contributed by atoms with Crippen molar-refractivity contribution in [3.05, 3.63) is 65.0 Å². The summed E-state index contributed by atoms with van der Waals surface area (Å²) in [5, 5.41) is 8.67. The lowest BCUT2D eigenvalue weighted by Gasteiger charge is -2.20. The third-order valence-electron chi connectivity index (χ3n) is 4.28. The zero-order valence-electron chi connectivity index (χ0n) is 13.2. The molecule has 0 unspecified atom stereocenters. The highest BCUT2D eigenvalue weighted by molar-refractivity contribution is 5.98. The first kappa shape index (κ1) is 16.2. The van der Waals surface area contributed by atoms with E-state index < -0.39 is 5.97 Å². The topological polar surface area (TPSA) is 57.6 Å².